The molecule has 0 spiro atoms. The Morgan fingerprint density at radius 3 is 2.73 bits per heavy atom. The Hall–Kier alpha value is -0.120. The maximum absolute atomic E-state index is 8.38. The molecule has 0 aromatic heterocycles. The van der Waals surface area contributed by atoms with E-state index in [9.17, 15) is 0 Å². The van der Waals surface area contributed by atoms with Gasteiger partial charge in [-0.1, -0.05) is 6.92 Å². The lowest BCUT2D eigenvalue weighted by molar-refractivity contribution is 0.0928. The SMILES string of the molecule is CC[C@@H](C)NCCOCCO. The first-order valence-corrected chi connectivity index (χ1v) is 4.23. The normalized spacial score (nSPS) is 13.4. The molecule has 2 N–H and O–H groups in total. The minimum Gasteiger partial charge on any atom is -0.394 e. The molecule has 3 nitrogen and oxygen atoms in total. The molecule has 0 unspecified atom stereocenters. The lowest BCUT2D eigenvalue weighted by atomic mass is 10.3. The molecule has 0 aromatic rings. The Labute approximate surface area is 68.8 Å². The first-order chi connectivity index (χ1) is 5.31. The van der Waals surface area contributed by atoms with Gasteiger partial charge in [-0.25, -0.2) is 0 Å². The minimum absolute atomic E-state index is 0.114. The summed E-state index contributed by atoms with van der Waals surface area (Å²) >= 11 is 0. The van der Waals surface area contributed by atoms with Crippen LogP contribution in [0.3, 0.4) is 0 Å². The molecule has 3 heteroatoms. The lowest BCUT2D eigenvalue weighted by Gasteiger charge is -2.10. The van der Waals surface area contributed by atoms with Crippen LogP contribution < -0.4 is 5.32 Å². The quantitative estimate of drug-likeness (QED) is 0.530. The van der Waals surface area contributed by atoms with Crippen LogP contribution in [0.5, 0.6) is 0 Å². The van der Waals surface area contributed by atoms with E-state index >= 15 is 0 Å². The number of rotatable bonds is 7. The van der Waals surface area contributed by atoms with Crippen molar-refractivity contribution in [2.45, 2.75) is 26.3 Å². The van der Waals surface area contributed by atoms with Crippen LogP contribution in [0.1, 0.15) is 20.3 Å². The van der Waals surface area contributed by atoms with Crippen LogP contribution in [0.25, 0.3) is 0 Å². The molecule has 0 fully saturated rings. The van der Waals surface area contributed by atoms with E-state index in [4.69, 9.17) is 9.84 Å². The van der Waals surface area contributed by atoms with Crippen molar-refractivity contribution in [3.63, 3.8) is 0 Å². The number of hydrogen-bond acceptors (Lipinski definition) is 3. The molecule has 0 aliphatic carbocycles. The van der Waals surface area contributed by atoms with Crippen molar-refractivity contribution in [3.8, 4) is 0 Å². The number of ether oxygens (including phenoxy) is 1. The fourth-order valence-electron chi connectivity index (χ4n) is 0.688. The van der Waals surface area contributed by atoms with Crippen molar-refractivity contribution < 1.29 is 9.84 Å². The second-order valence-corrected chi connectivity index (χ2v) is 2.60. The van der Waals surface area contributed by atoms with E-state index in [2.05, 4.69) is 19.2 Å². The Bertz CT molecular complexity index is 78.5. The zero-order valence-corrected chi connectivity index (χ0v) is 7.47. The average Bonchev–Trinajstić information content (AvgIpc) is 2.04. The van der Waals surface area contributed by atoms with Gasteiger partial charge >= 0.3 is 0 Å². The zero-order valence-electron chi connectivity index (χ0n) is 7.47. The molecule has 0 rings (SSSR count). The van der Waals surface area contributed by atoms with Crippen LogP contribution >= 0.6 is 0 Å². The Morgan fingerprint density at radius 2 is 2.18 bits per heavy atom. The number of aliphatic hydroxyl groups excluding tert-OH is 1. The fourth-order valence-corrected chi connectivity index (χ4v) is 0.688. The first kappa shape index (κ1) is 10.9. The third-order valence-electron chi connectivity index (χ3n) is 1.59. The van der Waals surface area contributed by atoms with Crippen molar-refractivity contribution >= 4 is 0 Å². The topological polar surface area (TPSA) is 41.5 Å². The Kier molecular flexibility index (Phi) is 7.89. The highest BCUT2D eigenvalue weighted by Crippen LogP contribution is 1.85. The number of hydrogen-bond donors (Lipinski definition) is 2. The van der Waals surface area contributed by atoms with E-state index in [1.54, 1.807) is 0 Å². The van der Waals surface area contributed by atoms with Gasteiger partial charge in [0.25, 0.3) is 0 Å². The van der Waals surface area contributed by atoms with Gasteiger partial charge in [-0.15, -0.1) is 0 Å². The summed E-state index contributed by atoms with van der Waals surface area (Å²) in [5.74, 6) is 0. The molecular weight excluding hydrogens is 142 g/mol. The van der Waals surface area contributed by atoms with Crippen LogP contribution in [-0.2, 0) is 4.74 Å². The molecule has 11 heavy (non-hydrogen) atoms. The molecule has 0 saturated carbocycles. The van der Waals surface area contributed by atoms with Gasteiger partial charge in [0.05, 0.1) is 19.8 Å². The molecule has 0 bridgehead atoms. The number of aliphatic hydroxyl groups is 1. The standard InChI is InChI=1S/C8H19NO2/c1-3-8(2)9-4-6-11-7-5-10/h8-10H,3-7H2,1-2H3/t8-/m1/s1. The van der Waals surface area contributed by atoms with Gasteiger partial charge in [0.1, 0.15) is 0 Å². The maximum atomic E-state index is 8.38. The largest absolute Gasteiger partial charge is 0.394 e. The van der Waals surface area contributed by atoms with Gasteiger partial charge in [-0.2, -0.15) is 0 Å². The van der Waals surface area contributed by atoms with Crippen molar-refractivity contribution in [2.75, 3.05) is 26.4 Å². The van der Waals surface area contributed by atoms with Crippen LogP contribution in [0.15, 0.2) is 0 Å². The van der Waals surface area contributed by atoms with Crippen LogP contribution in [-0.4, -0.2) is 37.5 Å². The fraction of sp³-hybridized carbons (Fsp3) is 1.00. The van der Waals surface area contributed by atoms with E-state index in [1.165, 1.54) is 0 Å². The molecule has 0 saturated heterocycles. The molecule has 0 aromatic carbocycles. The maximum Gasteiger partial charge on any atom is 0.0698 e. The monoisotopic (exact) mass is 161 g/mol. The van der Waals surface area contributed by atoms with E-state index in [0.29, 0.717) is 19.3 Å². The highest BCUT2D eigenvalue weighted by atomic mass is 16.5. The van der Waals surface area contributed by atoms with Crippen molar-refractivity contribution in [1.82, 2.24) is 5.32 Å². The van der Waals surface area contributed by atoms with E-state index < -0.39 is 0 Å². The van der Waals surface area contributed by atoms with Crippen LogP contribution in [0, 0.1) is 0 Å². The second kappa shape index (κ2) is 7.98. The van der Waals surface area contributed by atoms with Gasteiger partial charge < -0.3 is 15.2 Å². The summed E-state index contributed by atoms with van der Waals surface area (Å²) in [5, 5.41) is 11.7. The van der Waals surface area contributed by atoms with Gasteiger partial charge in [0.2, 0.25) is 0 Å². The third-order valence-corrected chi connectivity index (χ3v) is 1.59. The minimum atomic E-state index is 0.114. The Morgan fingerprint density at radius 1 is 1.45 bits per heavy atom. The van der Waals surface area contributed by atoms with Gasteiger partial charge in [-0.05, 0) is 13.3 Å². The summed E-state index contributed by atoms with van der Waals surface area (Å²) in [6.07, 6.45) is 1.14. The van der Waals surface area contributed by atoms with Gasteiger partial charge in [0, 0.05) is 12.6 Å². The third kappa shape index (κ3) is 7.78. The van der Waals surface area contributed by atoms with Gasteiger partial charge in [0.15, 0.2) is 0 Å². The molecular formula is C8H19NO2. The summed E-state index contributed by atoms with van der Waals surface area (Å²) < 4.78 is 5.07. The van der Waals surface area contributed by atoms with Crippen molar-refractivity contribution in [3.05, 3.63) is 0 Å². The van der Waals surface area contributed by atoms with Crippen molar-refractivity contribution in [2.24, 2.45) is 0 Å². The predicted octanol–water partition coefficient (Wildman–Crippen LogP) is 0.383. The average molecular weight is 161 g/mol. The summed E-state index contributed by atoms with van der Waals surface area (Å²) in [4.78, 5) is 0. The molecule has 0 amide bonds. The van der Waals surface area contributed by atoms with Gasteiger partial charge in [-0.3, -0.25) is 0 Å². The Balaban J connectivity index is 2.89. The van der Waals surface area contributed by atoms with Crippen LogP contribution in [0.2, 0.25) is 0 Å². The van der Waals surface area contributed by atoms with E-state index in [-0.39, 0.29) is 6.61 Å². The van der Waals surface area contributed by atoms with Crippen molar-refractivity contribution in [1.29, 1.82) is 0 Å². The lowest BCUT2D eigenvalue weighted by Crippen LogP contribution is -2.28. The summed E-state index contributed by atoms with van der Waals surface area (Å²) in [6.45, 7) is 6.41. The highest BCUT2D eigenvalue weighted by Gasteiger charge is 1.94. The second-order valence-electron chi connectivity index (χ2n) is 2.60. The van der Waals surface area contributed by atoms with E-state index in [0.717, 1.165) is 13.0 Å². The number of nitrogens with one attached hydrogen (secondary N) is 1. The van der Waals surface area contributed by atoms with E-state index in [1.807, 2.05) is 0 Å². The molecule has 0 radical (unpaired) electrons. The van der Waals surface area contributed by atoms with Crippen LogP contribution in [0.4, 0.5) is 0 Å². The highest BCUT2D eigenvalue weighted by molar-refractivity contribution is 4.55. The smallest absolute Gasteiger partial charge is 0.0698 e. The summed E-state index contributed by atoms with van der Waals surface area (Å²) in [7, 11) is 0. The summed E-state index contributed by atoms with van der Waals surface area (Å²) in [5.41, 5.74) is 0. The molecule has 0 aliphatic rings. The first-order valence-electron chi connectivity index (χ1n) is 4.23. The molecule has 1 atom stereocenters. The predicted molar refractivity (Wildman–Crippen MR) is 45.7 cm³/mol. The molecule has 68 valence electrons. The zero-order chi connectivity index (χ0) is 8.53. The molecule has 0 aliphatic heterocycles. The summed E-state index contributed by atoms with van der Waals surface area (Å²) in [6, 6.07) is 0.563. The molecule has 0 heterocycles.